The van der Waals surface area contributed by atoms with E-state index in [-0.39, 0.29) is 11.8 Å². The zero-order chi connectivity index (χ0) is 24.7. The Morgan fingerprint density at radius 3 is 2.91 bits per heavy atom. The molecule has 12 nitrogen and oxygen atoms in total. The number of anilines is 4. The van der Waals surface area contributed by atoms with Crippen molar-refractivity contribution in [3.63, 3.8) is 0 Å². The lowest BCUT2D eigenvalue weighted by Gasteiger charge is -2.31. The molecule has 12 heteroatoms. The van der Waals surface area contributed by atoms with E-state index in [1.807, 2.05) is 36.9 Å². The molecule has 2 aromatic heterocycles. The van der Waals surface area contributed by atoms with Crippen LogP contribution < -0.4 is 26.2 Å². The summed E-state index contributed by atoms with van der Waals surface area (Å²) in [5.41, 5.74) is 3.80. The topological polar surface area (TPSA) is 149 Å². The molecule has 3 aromatic rings. The molecule has 5 rings (SSSR count). The van der Waals surface area contributed by atoms with Crippen molar-refractivity contribution in [3.8, 4) is 0 Å². The summed E-state index contributed by atoms with van der Waals surface area (Å²) in [5.74, 6) is 0.615. The van der Waals surface area contributed by atoms with Gasteiger partial charge in [0.25, 0.3) is 5.91 Å². The van der Waals surface area contributed by atoms with Crippen molar-refractivity contribution in [3.05, 3.63) is 47.4 Å². The van der Waals surface area contributed by atoms with Gasteiger partial charge in [0, 0.05) is 49.5 Å². The second-order valence-corrected chi connectivity index (χ2v) is 8.96. The summed E-state index contributed by atoms with van der Waals surface area (Å²) in [6, 6.07) is 5.69. The minimum atomic E-state index is -0.571. The van der Waals surface area contributed by atoms with Crippen molar-refractivity contribution in [2.75, 3.05) is 42.4 Å². The Balaban J connectivity index is 1.42. The first-order valence-electron chi connectivity index (χ1n) is 11.3. The van der Waals surface area contributed by atoms with Crippen LogP contribution in [0.2, 0.25) is 0 Å². The Labute approximate surface area is 201 Å². The van der Waals surface area contributed by atoms with Crippen LogP contribution in [0.5, 0.6) is 0 Å². The van der Waals surface area contributed by atoms with Crippen molar-refractivity contribution >= 4 is 40.6 Å². The summed E-state index contributed by atoms with van der Waals surface area (Å²) < 4.78 is 1.63. The predicted molar refractivity (Wildman–Crippen MR) is 130 cm³/mol. The quantitative estimate of drug-likeness (QED) is 0.326. The molecule has 0 saturated heterocycles. The second kappa shape index (κ2) is 8.55. The van der Waals surface area contributed by atoms with E-state index >= 15 is 0 Å². The molecule has 182 valence electrons. The van der Waals surface area contributed by atoms with Gasteiger partial charge in [-0.2, -0.15) is 4.98 Å². The van der Waals surface area contributed by atoms with Gasteiger partial charge < -0.3 is 31.3 Å². The van der Waals surface area contributed by atoms with Gasteiger partial charge in [-0.25, -0.2) is 9.50 Å². The maximum absolute atomic E-state index is 12.5. The first-order chi connectivity index (χ1) is 16.8. The van der Waals surface area contributed by atoms with Crippen molar-refractivity contribution in [1.82, 2.24) is 30.2 Å². The van der Waals surface area contributed by atoms with Gasteiger partial charge in [0.1, 0.15) is 6.73 Å². The number of aliphatic hydroxyl groups is 1. The highest BCUT2D eigenvalue weighted by Crippen LogP contribution is 2.39. The van der Waals surface area contributed by atoms with Crippen LogP contribution in [0.3, 0.4) is 0 Å². The fourth-order valence-electron chi connectivity index (χ4n) is 4.49. The van der Waals surface area contributed by atoms with Gasteiger partial charge in [-0.1, -0.05) is 6.07 Å². The Kier molecular flexibility index (Phi) is 5.52. The standard InChI is InChI=1S/C23H27N9O3/c1-23(2)15-5-4-13(10-17(15)28-21(23)35)27-22-29-19-18(25-7-9-32(19)30-22)31-8-6-16(24-3)14(11-31)20(34)26-12-33/h4-5,7,9-10,24,33H,6,8,11-12H2,1-3H3,(H,26,34)(H,27,30)(H,28,35). The highest BCUT2D eigenvalue weighted by atomic mass is 16.3. The molecule has 2 aliphatic rings. The third-order valence-electron chi connectivity index (χ3n) is 6.46. The molecule has 0 bridgehead atoms. The molecule has 0 unspecified atom stereocenters. The minimum Gasteiger partial charge on any atom is -0.391 e. The molecule has 0 spiro atoms. The number of carbonyl (C=O) groups excluding carboxylic acids is 2. The maximum Gasteiger partial charge on any atom is 0.252 e. The van der Waals surface area contributed by atoms with Crippen LogP contribution in [0.25, 0.3) is 5.65 Å². The predicted octanol–water partition coefficient (Wildman–Crippen LogP) is 0.847. The molecular formula is C23H27N9O3. The molecule has 1 aromatic carbocycles. The fraction of sp³-hybridized carbons (Fsp3) is 0.348. The molecule has 35 heavy (non-hydrogen) atoms. The van der Waals surface area contributed by atoms with Gasteiger partial charge in [0.15, 0.2) is 11.5 Å². The number of aliphatic hydroxyl groups excluding tert-OH is 1. The number of nitrogens with zero attached hydrogens (tertiary/aromatic N) is 5. The molecule has 0 radical (unpaired) electrons. The van der Waals surface area contributed by atoms with Gasteiger partial charge in [0.2, 0.25) is 11.9 Å². The summed E-state index contributed by atoms with van der Waals surface area (Å²) in [5, 5.41) is 25.3. The van der Waals surface area contributed by atoms with E-state index in [1.165, 1.54) is 0 Å². The van der Waals surface area contributed by atoms with Crippen LogP contribution in [0.15, 0.2) is 41.9 Å². The summed E-state index contributed by atoms with van der Waals surface area (Å²) in [4.78, 5) is 35.8. The Morgan fingerprint density at radius 2 is 2.14 bits per heavy atom. The molecule has 0 fully saturated rings. The molecule has 0 saturated carbocycles. The smallest absolute Gasteiger partial charge is 0.252 e. The third kappa shape index (κ3) is 3.91. The first kappa shape index (κ1) is 22.6. The average Bonchev–Trinajstić information content (AvgIpc) is 3.35. The number of benzene rings is 1. The molecule has 4 heterocycles. The number of aromatic nitrogens is 4. The van der Waals surface area contributed by atoms with Crippen LogP contribution in [0, 0.1) is 0 Å². The first-order valence-corrected chi connectivity index (χ1v) is 11.3. The third-order valence-corrected chi connectivity index (χ3v) is 6.46. The SMILES string of the molecule is CNC1=C(C(=O)NCO)CN(c2nccn3nc(Nc4ccc5c(c4)NC(=O)C5(C)C)nc23)CC1. The highest BCUT2D eigenvalue weighted by molar-refractivity contribution is 6.06. The van der Waals surface area contributed by atoms with Gasteiger partial charge in [-0.05, 0) is 31.5 Å². The number of hydrogen-bond donors (Lipinski definition) is 5. The summed E-state index contributed by atoms with van der Waals surface area (Å²) in [6.07, 6.45) is 3.96. The average molecular weight is 478 g/mol. The summed E-state index contributed by atoms with van der Waals surface area (Å²) in [7, 11) is 1.78. The Morgan fingerprint density at radius 1 is 1.31 bits per heavy atom. The van der Waals surface area contributed by atoms with E-state index in [2.05, 4.69) is 36.3 Å². The van der Waals surface area contributed by atoms with Crippen molar-refractivity contribution in [1.29, 1.82) is 0 Å². The van der Waals surface area contributed by atoms with Crippen molar-refractivity contribution in [2.45, 2.75) is 25.7 Å². The van der Waals surface area contributed by atoms with Crippen molar-refractivity contribution < 1.29 is 14.7 Å². The molecular weight excluding hydrogens is 450 g/mol. The molecule has 2 aliphatic heterocycles. The van der Waals surface area contributed by atoms with Crippen molar-refractivity contribution in [2.24, 2.45) is 0 Å². The molecule has 0 aliphatic carbocycles. The Bertz CT molecular complexity index is 1360. The number of nitrogens with one attached hydrogen (secondary N) is 4. The van der Waals surface area contributed by atoms with Gasteiger partial charge in [-0.3, -0.25) is 9.59 Å². The van der Waals surface area contributed by atoms with E-state index in [1.54, 1.807) is 24.0 Å². The van der Waals surface area contributed by atoms with Crippen LogP contribution in [0.1, 0.15) is 25.8 Å². The minimum absolute atomic E-state index is 0.0322. The monoisotopic (exact) mass is 477 g/mol. The number of rotatable bonds is 6. The zero-order valence-corrected chi connectivity index (χ0v) is 19.7. The lowest BCUT2D eigenvalue weighted by molar-refractivity contribution is -0.120. The number of hydrogen-bond acceptors (Lipinski definition) is 9. The summed E-state index contributed by atoms with van der Waals surface area (Å²) in [6.45, 7) is 4.30. The van der Waals surface area contributed by atoms with Gasteiger partial charge >= 0.3 is 0 Å². The highest BCUT2D eigenvalue weighted by Gasteiger charge is 2.38. The number of carbonyl (C=O) groups is 2. The second-order valence-electron chi connectivity index (χ2n) is 8.96. The van der Waals surface area contributed by atoms with E-state index in [9.17, 15) is 9.59 Å². The van der Waals surface area contributed by atoms with E-state index in [0.29, 0.717) is 42.5 Å². The van der Waals surface area contributed by atoms with Crippen LogP contribution in [-0.2, 0) is 15.0 Å². The Hall–Kier alpha value is -4.19. The lowest BCUT2D eigenvalue weighted by atomic mass is 9.86. The van der Waals surface area contributed by atoms with Gasteiger partial charge in [0.05, 0.1) is 17.5 Å². The van der Waals surface area contributed by atoms with Gasteiger partial charge in [-0.15, -0.1) is 5.10 Å². The maximum atomic E-state index is 12.5. The normalized spacial score (nSPS) is 16.8. The summed E-state index contributed by atoms with van der Waals surface area (Å²) >= 11 is 0. The molecule has 0 atom stereocenters. The number of fused-ring (bicyclic) bond motifs is 2. The van der Waals surface area contributed by atoms with E-state index in [0.717, 1.165) is 22.6 Å². The number of amides is 2. The molecule has 5 N–H and O–H groups in total. The molecule has 2 amide bonds. The van der Waals surface area contributed by atoms with Crippen LogP contribution in [0.4, 0.5) is 23.1 Å². The van der Waals surface area contributed by atoms with Crippen LogP contribution >= 0.6 is 0 Å². The zero-order valence-electron chi connectivity index (χ0n) is 19.7. The lowest BCUT2D eigenvalue weighted by Crippen LogP contribution is -2.41. The fourth-order valence-corrected chi connectivity index (χ4v) is 4.49. The van der Waals surface area contributed by atoms with Crippen LogP contribution in [-0.4, -0.2) is 63.4 Å². The van der Waals surface area contributed by atoms with E-state index in [4.69, 9.17) is 5.11 Å². The largest absolute Gasteiger partial charge is 0.391 e. The van der Waals surface area contributed by atoms with E-state index < -0.39 is 12.1 Å².